The molecule has 1 saturated carbocycles. The van der Waals surface area contributed by atoms with E-state index in [0.717, 1.165) is 6.08 Å². The van der Waals surface area contributed by atoms with Crippen LogP contribution < -0.4 is 5.32 Å². The highest BCUT2D eigenvalue weighted by Crippen LogP contribution is 2.32. The summed E-state index contributed by atoms with van der Waals surface area (Å²) in [5.41, 5.74) is 1.17. The number of carbonyl (C=O) groups is 2. The van der Waals surface area contributed by atoms with Gasteiger partial charge in [0.15, 0.2) is 0 Å². The molecule has 36 heavy (non-hydrogen) atoms. The van der Waals surface area contributed by atoms with Gasteiger partial charge in [-0.15, -0.1) is 19.1 Å². The number of esters is 1. The smallest absolute Gasteiger partial charge is 0.469 e. The summed E-state index contributed by atoms with van der Waals surface area (Å²) in [6, 6.07) is 2.12. The molecule has 1 N–H and O–H groups in total. The maximum Gasteiger partial charge on any atom is 0.572 e. The lowest BCUT2D eigenvalue weighted by Crippen LogP contribution is -2.39. The standard InChI is InChI=1S/C26H28F3N3O4/c1-5-7-17-11-14-20(24(33)31-19-12-9-18(10-13-19)25(34)35-4)23-21(17)15-30-32(23)16(3)22(8-6-2)36-26(27,28)29/h6,8,11,14-16,18-19H,2,9-10,12-13H2,1,3-4H3,(H,31,33)/b22-8+. The van der Waals surface area contributed by atoms with E-state index >= 15 is 0 Å². The lowest BCUT2D eigenvalue weighted by molar-refractivity contribution is -0.308. The number of carbonyl (C=O) groups excluding carboxylic acids is 2. The Morgan fingerprint density at radius 3 is 2.56 bits per heavy atom. The number of hydrogen-bond donors (Lipinski definition) is 1. The highest BCUT2D eigenvalue weighted by atomic mass is 19.4. The van der Waals surface area contributed by atoms with E-state index in [4.69, 9.17) is 4.74 Å². The van der Waals surface area contributed by atoms with Gasteiger partial charge in [0.2, 0.25) is 0 Å². The van der Waals surface area contributed by atoms with Crippen molar-refractivity contribution in [1.29, 1.82) is 0 Å². The molecule has 1 amide bonds. The monoisotopic (exact) mass is 503 g/mol. The lowest BCUT2D eigenvalue weighted by atomic mass is 9.86. The highest BCUT2D eigenvalue weighted by Gasteiger charge is 2.35. The normalized spacial score (nSPS) is 19.1. The first-order chi connectivity index (χ1) is 17.1. The van der Waals surface area contributed by atoms with Gasteiger partial charge in [-0.1, -0.05) is 18.6 Å². The van der Waals surface area contributed by atoms with Crippen molar-refractivity contribution in [1.82, 2.24) is 15.1 Å². The summed E-state index contributed by atoms with van der Waals surface area (Å²) in [6.07, 6.45) is 1.27. The molecule has 10 heteroatoms. The van der Waals surface area contributed by atoms with E-state index in [0.29, 0.717) is 42.1 Å². The van der Waals surface area contributed by atoms with Gasteiger partial charge in [0.25, 0.3) is 5.91 Å². The Kier molecular flexibility index (Phi) is 8.45. The van der Waals surface area contributed by atoms with E-state index in [1.807, 2.05) is 0 Å². The Morgan fingerprint density at radius 2 is 1.97 bits per heavy atom. The van der Waals surface area contributed by atoms with E-state index < -0.39 is 24.1 Å². The Bertz CT molecular complexity index is 1230. The summed E-state index contributed by atoms with van der Waals surface area (Å²) in [7, 11) is 1.35. The average molecular weight is 504 g/mol. The second-order valence-electron chi connectivity index (χ2n) is 8.46. The van der Waals surface area contributed by atoms with Crippen LogP contribution in [0.1, 0.15) is 61.5 Å². The number of nitrogens with zero attached hydrogens (tertiary/aromatic N) is 2. The molecule has 0 bridgehead atoms. The summed E-state index contributed by atoms with van der Waals surface area (Å²) < 4.78 is 49.5. The number of halogens is 3. The van der Waals surface area contributed by atoms with Crippen molar-refractivity contribution >= 4 is 22.8 Å². The minimum absolute atomic E-state index is 0.151. The molecule has 1 unspecified atom stereocenters. The van der Waals surface area contributed by atoms with Crippen LogP contribution in [-0.2, 0) is 14.3 Å². The van der Waals surface area contributed by atoms with Crippen molar-refractivity contribution < 1.29 is 32.2 Å². The minimum Gasteiger partial charge on any atom is -0.469 e. The molecule has 1 aromatic heterocycles. The summed E-state index contributed by atoms with van der Waals surface area (Å²) in [6.45, 7) is 6.61. The van der Waals surface area contributed by atoms with Gasteiger partial charge in [-0.05, 0) is 57.7 Å². The van der Waals surface area contributed by atoms with Crippen LogP contribution in [0.2, 0.25) is 0 Å². The van der Waals surface area contributed by atoms with Crippen molar-refractivity contribution in [3.05, 3.63) is 53.9 Å². The molecule has 1 fully saturated rings. The zero-order chi connectivity index (χ0) is 26.5. The average Bonchev–Trinajstić information content (AvgIpc) is 3.28. The number of methoxy groups -OCH3 is 1. The Hall–Kier alpha value is -3.74. The third-order valence-corrected chi connectivity index (χ3v) is 6.15. The van der Waals surface area contributed by atoms with Gasteiger partial charge in [0.1, 0.15) is 11.8 Å². The van der Waals surface area contributed by atoms with Crippen LogP contribution in [0.25, 0.3) is 10.9 Å². The van der Waals surface area contributed by atoms with E-state index in [2.05, 4.69) is 33.6 Å². The summed E-state index contributed by atoms with van der Waals surface area (Å²) in [4.78, 5) is 25.1. The second kappa shape index (κ2) is 11.3. The first kappa shape index (κ1) is 26.9. The number of alkyl halides is 3. The molecule has 0 saturated heterocycles. The summed E-state index contributed by atoms with van der Waals surface area (Å²) in [5.74, 6) is 4.48. The van der Waals surface area contributed by atoms with E-state index in [-0.39, 0.29) is 23.5 Å². The zero-order valence-corrected chi connectivity index (χ0v) is 20.3. The molecule has 1 heterocycles. The Morgan fingerprint density at radius 1 is 1.28 bits per heavy atom. The third-order valence-electron chi connectivity index (χ3n) is 6.15. The fraction of sp³-hybridized carbons (Fsp3) is 0.423. The molecule has 1 aromatic carbocycles. The number of rotatable bonds is 7. The SMILES string of the molecule is C=C/C=C(/OC(F)(F)F)C(C)n1ncc2c(C#CC)ccc(C(=O)NC3CCC(C(=O)OC)CC3)c21. The number of ether oxygens (including phenoxy) is 2. The maximum absolute atomic E-state index is 13.3. The van der Waals surface area contributed by atoms with Gasteiger partial charge < -0.3 is 14.8 Å². The molecular formula is C26H28F3N3O4. The van der Waals surface area contributed by atoms with Crippen molar-refractivity contribution in [2.75, 3.05) is 7.11 Å². The third kappa shape index (κ3) is 6.08. The van der Waals surface area contributed by atoms with Gasteiger partial charge in [-0.25, -0.2) is 0 Å². The van der Waals surface area contributed by atoms with Crippen LogP contribution >= 0.6 is 0 Å². The van der Waals surface area contributed by atoms with Crippen molar-refractivity contribution in [3.8, 4) is 11.8 Å². The molecular weight excluding hydrogens is 475 g/mol. The molecule has 0 radical (unpaired) electrons. The van der Waals surface area contributed by atoms with Gasteiger partial charge >= 0.3 is 12.3 Å². The van der Waals surface area contributed by atoms with Crippen molar-refractivity contribution in [2.45, 2.75) is 58.0 Å². The largest absolute Gasteiger partial charge is 0.572 e. The maximum atomic E-state index is 13.3. The van der Waals surface area contributed by atoms with E-state index in [1.165, 1.54) is 31.0 Å². The fourth-order valence-corrected chi connectivity index (χ4v) is 4.42. The first-order valence-corrected chi connectivity index (χ1v) is 11.5. The predicted molar refractivity (Wildman–Crippen MR) is 128 cm³/mol. The fourth-order valence-electron chi connectivity index (χ4n) is 4.42. The summed E-state index contributed by atoms with van der Waals surface area (Å²) in [5, 5.41) is 7.82. The predicted octanol–water partition coefficient (Wildman–Crippen LogP) is 5.04. The zero-order valence-electron chi connectivity index (χ0n) is 20.3. The highest BCUT2D eigenvalue weighted by molar-refractivity contribution is 6.07. The minimum atomic E-state index is -4.91. The quantitative estimate of drug-likeness (QED) is 0.248. The number of amides is 1. The van der Waals surface area contributed by atoms with E-state index in [1.54, 1.807) is 19.1 Å². The number of fused-ring (bicyclic) bond motifs is 1. The molecule has 0 aliphatic heterocycles. The van der Waals surface area contributed by atoms with Gasteiger partial charge in [0, 0.05) is 17.0 Å². The Balaban J connectivity index is 1.97. The number of hydrogen-bond acceptors (Lipinski definition) is 5. The van der Waals surface area contributed by atoms with Gasteiger partial charge in [0.05, 0.1) is 30.3 Å². The molecule has 0 spiro atoms. The molecule has 1 atom stereocenters. The molecule has 192 valence electrons. The van der Waals surface area contributed by atoms with Crippen LogP contribution in [-0.4, -0.2) is 41.2 Å². The van der Waals surface area contributed by atoms with Crippen LogP contribution in [0.3, 0.4) is 0 Å². The number of allylic oxidation sites excluding steroid dienone is 3. The Labute approximate surface area is 207 Å². The first-order valence-electron chi connectivity index (χ1n) is 11.5. The molecule has 1 aliphatic rings. The molecule has 1 aliphatic carbocycles. The van der Waals surface area contributed by atoms with Crippen molar-refractivity contribution in [3.63, 3.8) is 0 Å². The van der Waals surface area contributed by atoms with E-state index in [9.17, 15) is 22.8 Å². The van der Waals surface area contributed by atoms with Crippen LogP contribution in [0, 0.1) is 17.8 Å². The molecule has 3 rings (SSSR count). The van der Waals surface area contributed by atoms with Crippen molar-refractivity contribution in [2.24, 2.45) is 5.92 Å². The van der Waals surface area contributed by atoms with Crippen LogP contribution in [0.5, 0.6) is 0 Å². The van der Waals surface area contributed by atoms with Crippen LogP contribution in [0.4, 0.5) is 13.2 Å². The number of nitrogens with one attached hydrogen (secondary N) is 1. The summed E-state index contributed by atoms with van der Waals surface area (Å²) >= 11 is 0. The number of benzene rings is 1. The van der Waals surface area contributed by atoms with Gasteiger partial charge in [-0.2, -0.15) is 5.10 Å². The van der Waals surface area contributed by atoms with Crippen LogP contribution in [0.15, 0.2) is 42.8 Å². The topological polar surface area (TPSA) is 82.5 Å². The second-order valence-corrected chi connectivity index (χ2v) is 8.46. The lowest BCUT2D eigenvalue weighted by Gasteiger charge is -2.27. The molecule has 7 nitrogen and oxygen atoms in total. The van der Waals surface area contributed by atoms with Gasteiger partial charge in [-0.3, -0.25) is 14.3 Å². The number of aromatic nitrogens is 2. The molecule has 2 aromatic rings.